The summed E-state index contributed by atoms with van der Waals surface area (Å²) in [6, 6.07) is 5.82. The molecule has 1 rings (SSSR count). The summed E-state index contributed by atoms with van der Waals surface area (Å²) in [7, 11) is -3.72. The van der Waals surface area contributed by atoms with Crippen molar-refractivity contribution in [1.29, 1.82) is 0 Å². The molecule has 0 aromatic heterocycles. The lowest BCUT2D eigenvalue weighted by atomic mass is 10.1. The van der Waals surface area contributed by atoms with Crippen molar-refractivity contribution >= 4 is 21.9 Å². The van der Waals surface area contributed by atoms with E-state index in [-0.39, 0.29) is 24.0 Å². The van der Waals surface area contributed by atoms with Crippen LogP contribution >= 0.6 is 0 Å². The SMILES string of the molecule is CCC(C)C(=O)OCC(=O)NCc1ccc(S(N)(=O)=O)cc1. The molecular formula is C14H20N2O5S. The van der Waals surface area contributed by atoms with Gasteiger partial charge >= 0.3 is 5.97 Å². The average molecular weight is 328 g/mol. The second-order valence-electron chi connectivity index (χ2n) is 4.88. The Morgan fingerprint density at radius 2 is 1.86 bits per heavy atom. The largest absolute Gasteiger partial charge is 0.455 e. The number of ether oxygens (including phenoxy) is 1. The van der Waals surface area contributed by atoms with Crippen LogP contribution in [0.4, 0.5) is 0 Å². The Morgan fingerprint density at radius 3 is 2.36 bits per heavy atom. The molecule has 8 heteroatoms. The molecule has 0 saturated heterocycles. The molecule has 122 valence electrons. The molecule has 1 unspecified atom stereocenters. The fourth-order valence-electron chi connectivity index (χ4n) is 1.49. The van der Waals surface area contributed by atoms with Gasteiger partial charge in [0.05, 0.1) is 10.8 Å². The third kappa shape index (κ3) is 5.82. The molecule has 1 aromatic carbocycles. The van der Waals surface area contributed by atoms with E-state index in [4.69, 9.17) is 9.88 Å². The number of carbonyl (C=O) groups excluding carboxylic acids is 2. The molecule has 1 atom stereocenters. The van der Waals surface area contributed by atoms with E-state index in [9.17, 15) is 18.0 Å². The van der Waals surface area contributed by atoms with Gasteiger partial charge in [0.15, 0.2) is 6.61 Å². The number of hydrogen-bond acceptors (Lipinski definition) is 5. The maximum atomic E-state index is 11.6. The van der Waals surface area contributed by atoms with Gasteiger partial charge in [0.1, 0.15) is 0 Å². The van der Waals surface area contributed by atoms with Crippen LogP contribution < -0.4 is 10.5 Å². The predicted molar refractivity (Wildman–Crippen MR) is 80.1 cm³/mol. The first-order valence-electron chi connectivity index (χ1n) is 6.79. The third-order valence-corrected chi connectivity index (χ3v) is 4.03. The van der Waals surface area contributed by atoms with Crippen molar-refractivity contribution in [2.24, 2.45) is 11.1 Å². The average Bonchev–Trinajstić information content (AvgIpc) is 2.49. The Morgan fingerprint density at radius 1 is 1.27 bits per heavy atom. The van der Waals surface area contributed by atoms with Crippen LogP contribution in [0.3, 0.4) is 0 Å². The van der Waals surface area contributed by atoms with Gasteiger partial charge in [0.25, 0.3) is 5.91 Å². The van der Waals surface area contributed by atoms with Gasteiger partial charge in [0.2, 0.25) is 10.0 Å². The molecule has 3 N–H and O–H groups in total. The zero-order chi connectivity index (χ0) is 16.8. The van der Waals surface area contributed by atoms with E-state index < -0.39 is 21.9 Å². The minimum absolute atomic E-state index is 0.00468. The fraction of sp³-hybridized carbons (Fsp3) is 0.429. The van der Waals surface area contributed by atoms with E-state index in [1.807, 2.05) is 6.92 Å². The number of benzene rings is 1. The molecule has 0 aliphatic rings. The van der Waals surface area contributed by atoms with Crippen LogP contribution in [-0.4, -0.2) is 26.9 Å². The highest BCUT2D eigenvalue weighted by molar-refractivity contribution is 7.89. The number of sulfonamides is 1. The fourth-order valence-corrected chi connectivity index (χ4v) is 2.01. The highest BCUT2D eigenvalue weighted by Crippen LogP contribution is 2.08. The summed E-state index contributed by atoms with van der Waals surface area (Å²) in [5, 5.41) is 7.56. The lowest BCUT2D eigenvalue weighted by Crippen LogP contribution is -2.29. The summed E-state index contributed by atoms with van der Waals surface area (Å²) in [5.41, 5.74) is 0.703. The molecule has 0 saturated carbocycles. The van der Waals surface area contributed by atoms with Crippen molar-refractivity contribution in [3.05, 3.63) is 29.8 Å². The van der Waals surface area contributed by atoms with E-state index in [0.717, 1.165) is 0 Å². The molecule has 1 aromatic rings. The minimum atomic E-state index is -3.72. The summed E-state index contributed by atoms with van der Waals surface area (Å²) < 4.78 is 27.1. The Hall–Kier alpha value is -1.93. The lowest BCUT2D eigenvalue weighted by molar-refractivity contribution is -0.152. The van der Waals surface area contributed by atoms with Crippen molar-refractivity contribution in [2.45, 2.75) is 31.7 Å². The Balaban J connectivity index is 2.43. The zero-order valence-electron chi connectivity index (χ0n) is 12.5. The Kier molecular flexibility index (Phi) is 6.51. The first-order chi connectivity index (χ1) is 10.2. The van der Waals surface area contributed by atoms with E-state index in [1.54, 1.807) is 19.1 Å². The van der Waals surface area contributed by atoms with Crippen LogP contribution in [0.25, 0.3) is 0 Å². The predicted octanol–water partition coefficient (Wildman–Crippen LogP) is 0.540. The normalized spacial score (nSPS) is 12.5. The summed E-state index contributed by atoms with van der Waals surface area (Å²) in [5.74, 6) is -1.07. The van der Waals surface area contributed by atoms with Gasteiger partial charge in [-0.25, -0.2) is 13.6 Å². The molecule has 0 bridgehead atoms. The summed E-state index contributed by atoms with van der Waals surface area (Å²) >= 11 is 0. The van der Waals surface area contributed by atoms with Crippen LogP contribution in [0.15, 0.2) is 29.2 Å². The maximum absolute atomic E-state index is 11.6. The Bertz CT molecular complexity index is 625. The number of carbonyl (C=O) groups is 2. The van der Waals surface area contributed by atoms with Crippen LogP contribution in [0.1, 0.15) is 25.8 Å². The number of rotatable bonds is 7. The molecule has 0 aliphatic carbocycles. The molecular weight excluding hydrogens is 308 g/mol. The molecule has 0 spiro atoms. The highest BCUT2D eigenvalue weighted by atomic mass is 32.2. The zero-order valence-corrected chi connectivity index (χ0v) is 13.4. The minimum Gasteiger partial charge on any atom is -0.455 e. The first-order valence-corrected chi connectivity index (χ1v) is 8.33. The molecule has 0 fully saturated rings. The van der Waals surface area contributed by atoms with Crippen LogP contribution in [0.2, 0.25) is 0 Å². The smallest absolute Gasteiger partial charge is 0.309 e. The van der Waals surface area contributed by atoms with Gasteiger partial charge in [-0.3, -0.25) is 9.59 Å². The van der Waals surface area contributed by atoms with E-state index in [2.05, 4.69) is 5.32 Å². The van der Waals surface area contributed by atoms with Crippen molar-refractivity contribution in [3.8, 4) is 0 Å². The molecule has 1 amide bonds. The molecule has 22 heavy (non-hydrogen) atoms. The second-order valence-corrected chi connectivity index (χ2v) is 6.44. The van der Waals surface area contributed by atoms with Gasteiger partial charge in [-0.2, -0.15) is 0 Å². The molecule has 0 aliphatic heterocycles. The summed E-state index contributed by atoms with van der Waals surface area (Å²) in [6.45, 7) is 3.45. The van der Waals surface area contributed by atoms with Crippen molar-refractivity contribution < 1.29 is 22.7 Å². The van der Waals surface area contributed by atoms with Crippen LogP contribution in [0, 0.1) is 5.92 Å². The maximum Gasteiger partial charge on any atom is 0.309 e. The lowest BCUT2D eigenvalue weighted by Gasteiger charge is -2.09. The topological polar surface area (TPSA) is 116 Å². The van der Waals surface area contributed by atoms with Crippen molar-refractivity contribution in [3.63, 3.8) is 0 Å². The first kappa shape index (κ1) is 18.1. The number of nitrogens with one attached hydrogen (secondary N) is 1. The van der Waals surface area contributed by atoms with E-state index in [1.165, 1.54) is 12.1 Å². The molecule has 0 heterocycles. The van der Waals surface area contributed by atoms with E-state index >= 15 is 0 Å². The van der Waals surface area contributed by atoms with E-state index in [0.29, 0.717) is 12.0 Å². The molecule has 7 nitrogen and oxygen atoms in total. The van der Waals surface area contributed by atoms with Crippen LogP contribution in [-0.2, 0) is 30.9 Å². The van der Waals surface area contributed by atoms with Crippen LogP contribution in [0.5, 0.6) is 0 Å². The highest BCUT2D eigenvalue weighted by Gasteiger charge is 2.13. The number of nitrogens with two attached hydrogens (primary N) is 1. The van der Waals surface area contributed by atoms with Crippen molar-refractivity contribution in [2.75, 3.05) is 6.61 Å². The number of primary sulfonamides is 1. The van der Waals surface area contributed by atoms with Gasteiger partial charge in [-0.15, -0.1) is 0 Å². The number of hydrogen-bond donors (Lipinski definition) is 2. The number of esters is 1. The standard InChI is InChI=1S/C14H20N2O5S/c1-3-10(2)14(18)21-9-13(17)16-8-11-4-6-12(7-5-11)22(15,19)20/h4-7,10H,3,8-9H2,1-2H3,(H,16,17)(H2,15,19,20). The molecule has 0 radical (unpaired) electrons. The Labute approximate surface area is 129 Å². The quantitative estimate of drug-likeness (QED) is 0.709. The van der Waals surface area contributed by atoms with Gasteiger partial charge < -0.3 is 10.1 Å². The number of amides is 1. The summed E-state index contributed by atoms with van der Waals surface area (Å²) in [6.07, 6.45) is 0.650. The van der Waals surface area contributed by atoms with Gasteiger partial charge in [-0.1, -0.05) is 26.0 Å². The van der Waals surface area contributed by atoms with Crippen molar-refractivity contribution in [1.82, 2.24) is 5.32 Å². The van der Waals surface area contributed by atoms with Gasteiger partial charge in [0, 0.05) is 6.54 Å². The monoisotopic (exact) mass is 328 g/mol. The third-order valence-electron chi connectivity index (χ3n) is 3.10. The van der Waals surface area contributed by atoms with Gasteiger partial charge in [-0.05, 0) is 24.1 Å². The summed E-state index contributed by atoms with van der Waals surface area (Å²) in [4.78, 5) is 23.0. The second kappa shape index (κ2) is 7.90.